The van der Waals surface area contributed by atoms with Gasteiger partial charge in [-0.3, -0.25) is 4.90 Å². The molecule has 0 aliphatic carbocycles. The molecule has 2 saturated heterocycles. The van der Waals surface area contributed by atoms with Gasteiger partial charge in [0.2, 0.25) is 11.8 Å². The Morgan fingerprint density at radius 3 is 2.09 bits per heavy atom. The van der Waals surface area contributed by atoms with Crippen LogP contribution in [0.4, 0.5) is 0 Å². The molecule has 2 aromatic carbocycles. The van der Waals surface area contributed by atoms with E-state index in [1.807, 2.05) is 6.92 Å². The first-order valence-electron chi connectivity index (χ1n) is 12.0. The van der Waals surface area contributed by atoms with Crippen LogP contribution >= 0.6 is 0 Å². The predicted molar refractivity (Wildman–Crippen MR) is 126 cm³/mol. The maximum atomic E-state index is 5.92. The normalized spacial score (nSPS) is 21.3. The van der Waals surface area contributed by atoms with Gasteiger partial charge in [0.1, 0.15) is 0 Å². The van der Waals surface area contributed by atoms with Crippen LogP contribution in [-0.4, -0.2) is 52.7 Å². The van der Waals surface area contributed by atoms with E-state index in [9.17, 15) is 0 Å². The molecule has 3 aromatic rings. The van der Waals surface area contributed by atoms with Crippen LogP contribution in [0.5, 0.6) is 0 Å². The topological polar surface area (TPSA) is 45.4 Å². The Morgan fingerprint density at radius 2 is 1.50 bits per heavy atom. The molecule has 168 valence electrons. The van der Waals surface area contributed by atoms with E-state index < -0.39 is 0 Å². The summed E-state index contributed by atoms with van der Waals surface area (Å²) in [6, 6.07) is 21.9. The number of aromatic nitrogens is 2. The molecule has 5 heteroatoms. The van der Waals surface area contributed by atoms with Crippen molar-refractivity contribution in [2.75, 3.05) is 32.7 Å². The standard InChI is InChI=1S/C27H34N4O/c1-22-28-29-26(32-22)25-20-27(21-31(25)17-13-24-10-6-3-7-11-24)14-18-30(19-15-27)16-12-23-8-4-2-5-9-23/h2-11,25H,12-21H2,1H3/t25-/m0/s1. The molecule has 2 aliphatic heterocycles. The molecule has 0 saturated carbocycles. The summed E-state index contributed by atoms with van der Waals surface area (Å²) in [5.74, 6) is 1.47. The molecule has 0 amide bonds. The Kier molecular flexibility index (Phi) is 6.37. The highest BCUT2D eigenvalue weighted by Gasteiger charge is 2.47. The van der Waals surface area contributed by atoms with Crippen molar-refractivity contribution in [3.63, 3.8) is 0 Å². The first-order chi connectivity index (χ1) is 15.7. The Hall–Kier alpha value is -2.50. The molecule has 0 bridgehead atoms. The fourth-order valence-electron chi connectivity index (χ4n) is 5.53. The van der Waals surface area contributed by atoms with Crippen molar-refractivity contribution in [3.05, 3.63) is 83.6 Å². The average molecular weight is 431 g/mol. The van der Waals surface area contributed by atoms with E-state index in [4.69, 9.17) is 4.42 Å². The number of piperidine rings is 1. The molecule has 2 fully saturated rings. The molecular formula is C27H34N4O. The van der Waals surface area contributed by atoms with Crippen molar-refractivity contribution >= 4 is 0 Å². The number of aryl methyl sites for hydroxylation is 1. The zero-order valence-electron chi connectivity index (χ0n) is 19.1. The lowest BCUT2D eigenvalue weighted by molar-refractivity contribution is 0.109. The lowest BCUT2D eigenvalue weighted by Crippen LogP contribution is -2.42. The predicted octanol–water partition coefficient (Wildman–Crippen LogP) is 4.69. The van der Waals surface area contributed by atoms with Crippen molar-refractivity contribution in [3.8, 4) is 0 Å². The zero-order chi connectivity index (χ0) is 21.8. The first kappa shape index (κ1) is 21.4. The summed E-state index contributed by atoms with van der Waals surface area (Å²) in [5.41, 5.74) is 3.20. The second-order valence-corrected chi connectivity index (χ2v) is 9.66. The fourth-order valence-corrected chi connectivity index (χ4v) is 5.53. The highest BCUT2D eigenvalue weighted by Crippen LogP contribution is 2.48. The molecule has 32 heavy (non-hydrogen) atoms. The van der Waals surface area contributed by atoms with E-state index in [-0.39, 0.29) is 6.04 Å². The zero-order valence-corrected chi connectivity index (χ0v) is 19.1. The molecule has 0 N–H and O–H groups in total. The molecule has 3 heterocycles. The lowest BCUT2D eigenvalue weighted by atomic mass is 9.76. The summed E-state index contributed by atoms with van der Waals surface area (Å²) in [6.45, 7) is 7.60. The second kappa shape index (κ2) is 9.55. The quantitative estimate of drug-likeness (QED) is 0.544. The van der Waals surface area contributed by atoms with Crippen LogP contribution in [0.2, 0.25) is 0 Å². The van der Waals surface area contributed by atoms with Gasteiger partial charge in [-0.05, 0) is 61.7 Å². The van der Waals surface area contributed by atoms with Gasteiger partial charge in [-0.2, -0.15) is 0 Å². The molecule has 1 spiro atoms. The smallest absolute Gasteiger partial charge is 0.233 e. The molecule has 0 unspecified atom stereocenters. The van der Waals surface area contributed by atoms with Gasteiger partial charge in [-0.25, -0.2) is 0 Å². The summed E-state index contributed by atoms with van der Waals surface area (Å²) >= 11 is 0. The summed E-state index contributed by atoms with van der Waals surface area (Å²) < 4.78 is 5.92. The van der Waals surface area contributed by atoms with Crippen molar-refractivity contribution in [2.45, 2.75) is 45.1 Å². The van der Waals surface area contributed by atoms with Crippen LogP contribution in [0, 0.1) is 12.3 Å². The molecular weight excluding hydrogens is 396 g/mol. The minimum atomic E-state index is 0.246. The van der Waals surface area contributed by atoms with Gasteiger partial charge in [0, 0.05) is 26.6 Å². The van der Waals surface area contributed by atoms with Crippen molar-refractivity contribution in [1.29, 1.82) is 0 Å². The molecule has 0 radical (unpaired) electrons. The highest BCUT2D eigenvalue weighted by molar-refractivity contribution is 5.16. The van der Waals surface area contributed by atoms with E-state index in [2.05, 4.69) is 80.7 Å². The van der Waals surface area contributed by atoms with E-state index in [1.54, 1.807) is 0 Å². The second-order valence-electron chi connectivity index (χ2n) is 9.66. The number of nitrogens with zero attached hydrogens (tertiary/aromatic N) is 4. The lowest BCUT2D eigenvalue weighted by Gasteiger charge is -2.39. The van der Waals surface area contributed by atoms with Gasteiger partial charge in [0.15, 0.2) is 0 Å². The van der Waals surface area contributed by atoms with Gasteiger partial charge >= 0.3 is 0 Å². The number of hydrogen-bond acceptors (Lipinski definition) is 5. The molecule has 1 atom stereocenters. The number of benzene rings is 2. The maximum absolute atomic E-state index is 5.92. The fraction of sp³-hybridized carbons (Fsp3) is 0.481. The number of hydrogen-bond donors (Lipinski definition) is 0. The van der Waals surface area contributed by atoms with Gasteiger partial charge in [0.25, 0.3) is 0 Å². The van der Waals surface area contributed by atoms with E-state index in [0.717, 1.165) is 44.8 Å². The molecule has 5 nitrogen and oxygen atoms in total. The maximum Gasteiger partial charge on any atom is 0.233 e. The van der Waals surface area contributed by atoms with Crippen LogP contribution in [0.3, 0.4) is 0 Å². The largest absolute Gasteiger partial charge is 0.424 e. The number of rotatable bonds is 7. The Bertz CT molecular complexity index is 979. The van der Waals surface area contributed by atoms with Gasteiger partial charge in [-0.15, -0.1) is 10.2 Å². The number of likely N-dealkylation sites (tertiary alicyclic amines) is 2. The van der Waals surface area contributed by atoms with E-state index >= 15 is 0 Å². The third-order valence-electron chi connectivity index (χ3n) is 7.44. The summed E-state index contributed by atoms with van der Waals surface area (Å²) in [6.07, 6.45) is 5.85. The Balaban J connectivity index is 1.22. The molecule has 5 rings (SSSR count). The first-order valence-corrected chi connectivity index (χ1v) is 12.0. The van der Waals surface area contributed by atoms with E-state index in [1.165, 1.54) is 37.1 Å². The van der Waals surface area contributed by atoms with Crippen LogP contribution < -0.4 is 0 Å². The molecule has 2 aliphatic rings. The third kappa shape index (κ3) is 4.94. The minimum Gasteiger partial charge on any atom is -0.424 e. The van der Waals surface area contributed by atoms with Gasteiger partial charge in [-0.1, -0.05) is 60.7 Å². The van der Waals surface area contributed by atoms with E-state index in [0.29, 0.717) is 11.3 Å². The summed E-state index contributed by atoms with van der Waals surface area (Å²) in [5, 5.41) is 8.55. The van der Waals surface area contributed by atoms with Crippen molar-refractivity contribution in [1.82, 2.24) is 20.0 Å². The van der Waals surface area contributed by atoms with Gasteiger partial charge < -0.3 is 9.32 Å². The Labute approximate surface area is 191 Å². The summed E-state index contributed by atoms with van der Waals surface area (Å²) in [7, 11) is 0. The van der Waals surface area contributed by atoms with Crippen molar-refractivity contribution in [2.24, 2.45) is 5.41 Å². The average Bonchev–Trinajstić information content (AvgIpc) is 3.42. The van der Waals surface area contributed by atoms with Crippen LogP contribution in [0.1, 0.15) is 48.2 Å². The molecule has 1 aromatic heterocycles. The SMILES string of the molecule is Cc1nnc([C@@H]2CC3(CCN(CCc4ccccc4)CC3)CN2CCc2ccccc2)o1. The van der Waals surface area contributed by atoms with Crippen LogP contribution in [0.15, 0.2) is 65.1 Å². The monoisotopic (exact) mass is 430 g/mol. The van der Waals surface area contributed by atoms with Gasteiger partial charge in [0.05, 0.1) is 6.04 Å². The van der Waals surface area contributed by atoms with Crippen molar-refractivity contribution < 1.29 is 4.42 Å². The minimum absolute atomic E-state index is 0.246. The highest BCUT2D eigenvalue weighted by atomic mass is 16.4. The van der Waals surface area contributed by atoms with Crippen LogP contribution in [0.25, 0.3) is 0 Å². The van der Waals surface area contributed by atoms with Crippen LogP contribution in [-0.2, 0) is 12.8 Å². The Morgan fingerprint density at radius 1 is 0.875 bits per heavy atom. The third-order valence-corrected chi connectivity index (χ3v) is 7.44. The summed E-state index contributed by atoms with van der Waals surface area (Å²) in [4.78, 5) is 5.26.